The topological polar surface area (TPSA) is 42.0 Å². The number of morpholine rings is 1. The summed E-state index contributed by atoms with van der Waals surface area (Å²) in [4.78, 5) is 17.6. The Balaban J connectivity index is 1.27. The molecule has 0 aromatic rings. The van der Waals surface area contributed by atoms with Crippen molar-refractivity contribution >= 4 is 5.91 Å². The largest absolute Gasteiger partial charge is 0.381 e. The first kappa shape index (κ1) is 19.7. The highest BCUT2D eigenvalue weighted by Gasteiger charge is 2.42. The molecule has 0 N–H and O–H groups in total. The highest BCUT2D eigenvalue weighted by Crippen LogP contribution is 2.34. The lowest BCUT2D eigenvalue weighted by atomic mass is 9.84. The number of rotatable bonds is 5. The van der Waals surface area contributed by atoms with E-state index in [2.05, 4.69) is 16.7 Å². The molecule has 0 bridgehead atoms. The first-order valence-electron chi connectivity index (χ1n) is 11.5. The van der Waals surface area contributed by atoms with Gasteiger partial charge in [-0.3, -0.25) is 4.79 Å². The summed E-state index contributed by atoms with van der Waals surface area (Å²) in [5, 5.41) is 0. The zero-order valence-corrected chi connectivity index (χ0v) is 17.1. The number of hydrogen-bond donors (Lipinski definition) is 0. The van der Waals surface area contributed by atoms with Gasteiger partial charge in [-0.25, -0.2) is 0 Å². The van der Waals surface area contributed by atoms with Crippen molar-refractivity contribution in [2.75, 3.05) is 32.9 Å². The third-order valence-electron chi connectivity index (χ3n) is 7.52. The minimum Gasteiger partial charge on any atom is -0.381 e. The fourth-order valence-corrected chi connectivity index (χ4v) is 5.99. The molecular weight excluding hydrogens is 340 g/mol. The van der Waals surface area contributed by atoms with Crippen LogP contribution in [-0.2, 0) is 14.3 Å². The quantitative estimate of drug-likeness (QED) is 0.737. The standard InChI is InChI=1S/C22H38N2O3/c1-2-26-15-17-7-9-18(10-8-17)23-13-11-19(12-14-23)24-20-5-3-4-6-21(20)27-16-22(24)25/h17-21H,2-16H2,1H3/t17?,18?,20-,21+/m0/s1. The molecule has 5 nitrogen and oxygen atoms in total. The smallest absolute Gasteiger partial charge is 0.249 e. The molecule has 2 saturated heterocycles. The number of carbonyl (C=O) groups is 1. The maximum absolute atomic E-state index is 12.6. The number of likely N-dealkylation sites (tertiary alicyclic amines) is 1. The molecule has 0 radical (unpaired) electrons. The molecule has 2 atom stereocenters. The van der Waals surface area contributed by atoms with E-state index in [4.69, 9.17) is 9.47 Å². The van der Waals surface area contributed by atoms with Crippen molar-refractivity contribution in [1.29, 1.82) is 0 Å². The van der Waals surface area contributed by atoms with Crippen molar-refractivity contribution in [3.63, 3.8) is 0 Å². The van der Waals surface area contributed by atoms with Crippen molar-refractivity contribution < 1.29 is 14.3 Å². The van der Waals surface area contributed by atoms with E-state index in [-0.39, 0.29) is 5.91 Å². The lowest BCUT2D eigenvalue weighted by Gasteiger charge is -2.50. The molecule has 154 valence electrons. The fourth-order valence-electron chi connectivity index (χ4n) is 5.99. The second-order valence-corrected chi connectivity index (χ2v) is 9.10. The van der Waals surface area contributed by atoms with E-state index < -0.39 is 0 Å². The summed E-state index contributed by atoms with van der Waals surface area (Å²) in [6, 6.07) is 1.55. The summed E-state index contributed by atoms with van der Waals surface area (Å²) < 4.78 is 11.5. The van der Waals surface area contributed by atoms with E-state index >= 15 is 0 Å². The van der Waals surface area contributed by atoms with Crippen LogP contribution >= 0.6 is 0 Å². The molecule has 2 heterocycles. The zero-order valence-electron chi connectivity index (χ0n) is 17.1. The molecule has 5 heteroatoms. The first-order valence-corrected chi connectivity index (χ1v) is 11.5. The van der Waals surface area contributed by atoms with Crippen LogP contribution < -0.4 is 0 Å². The van der Waals surface area contributed by atoms with Crippen LogP contribution in [0.4, 0.5) is 0 Å². The molecule has 0 spiro atoms. The molecule has 0 unspecified atom stereocenters. The molecule has 1 amide bonds. The zero-order chi connectivity index (χ0) is 18.6. The molecule has 2 aliphatic carbocycles. The highest BCUT2D eigenvalue weighted by molar-refractivity contribution is 5.79. The molecule has 2 aliphatic heterocycles. The maximum Gasteiger partial charge on any atom is 0.249 e. The predicted molar refractivity (Wildman–Crippen MR) is 106 cm³/mol. The Labute approximate surface area is 164 Å². The lowest BCUT2D eigenvalue weighted by Crippen LogP contribution is -2.61. The Hall–Kier alpha value is -0.650. The molecule has 4 aliphatic rings. The average Bonchev–Trinajstić information content (AvgIpc) is 2.73. The average molecular weight is 379 g/mol. The third-order valence-corrected chi connectivity index (χ3v) is 7.52. The van der Waals surface area contributed by atoms with Crippen LogP contribution in [-0.4, -0.2) is 72.8 Å². The molecule has 0 aromatic heterocycles. The Morgan fingerprint density at radius 3 is 2.44 bits per heavy atom. The summed E-state index contributed by atoms with van der Waals surface area (Å²) in [5.74, 6) is 1.01. The second-order valence-electron chi connectivity index (χ2n) is 9.10. The van der Waals surface area contributed by atoms with E-state index in [1.165, 1.54) is 38.5 Å². The molecule has 0 aromatic carbocycles. The van der Waals surface area contributed by atoms with Gasteiger partial charge in [0.25, 0.3) is 0 Å². The van der Waals surface area contributed by atoms with Gasteiger partial charge in [-0.15, -0.1) is 0 Å². The van der Waals surface area contributed by atoms with Crippen LogP contribution in [0.3, 0.4) is 0 Å². The Morgan fingerprint density at radius 2 is 1.70 bits per heavy atom. The van der Waals surface area contributed by atoms with Crippen molar-refractivity contribution in [2.45, 2.75) is 95.4 Å². The van der Waals surface area contributed by atoms with E-state index in [0.29, 0.717) is 24.8 Å². The van der Waals surface area contributed by atoms with Gasteiger partial charge in [0.1, 0.15) is 6.61 Å². The number of hydrogen-bond acceptors (Lipinski definition) is 4. The van der Waals surface area contributed by atoms with Crippen molar-refractivity contribution in [1.82, 2.24) is 9.80 Å². The third kappa shape index (κ3) is 4.51. The second kappa shape index (κ2) is 9.23. The van der Waals surface area contributed by atoms with E-state index in [1.54, 1.807) is 0 Å². The number of fused-ring (bicyclic) bond motifs is 1. The summed E-state index contributed by atoms with van der Waals surface area (Å²) in [7, 11) is 0. The first-order chi connectivity index (χ1) is 13.3. The molecule has 4 rings (SSSR count). The van der Waals surface area contributed by atoms with Gasteiger partial charge in [0.15, 0.2) is 0 Å². The van der Waals surface area contributed by atoms with Crippen LogP contribution in [0.25, 0.3) is 0 Å². The number of nitrogens with zero attached hydrogens (tertiary/aromatic N) is 2. The van der Waals surface area contributed by atoms with Crippen molar-refractivity contribution in [3.05, 3.63) is 0 Å². The van der Waals surface area contributed by atoms with Gasteiger partial charge in [0.2, 0.25) is 5.91 Å². The van der Waals surface area contributed by atoms with E-state index in [9.17, 15) is 4.79 Å². The summed E-state index contributed by atoms with van der Waals surface area (Å²) in [6.07, 6.45) is 12.7. The molecular formula is C22H38N2O3. The van der Waals surface area contributed by atoms with Gasteiger partial charge in [-0.05, 0) is 64.2 Å². The number of ether oxygens (including phenoxy) is 2. The molecule has 4 fully saturated rings. The highest BCUT2D eigenvalue weighted by atomic mass is 16.5. The molecule has 2 saturated carbocycles. The van der Waals surface area contributed by atoms with Crippen LogP contribution in [0.15, 0.2) is 0 Å². The predicted octanol–water partition coefficient (Wildman–Crippen LogP) is 3.22. The van der Waals surface area contributed by atoms with Crippen LogP contribution in [0.1, 0.15) is 71.1 Å². The van der Waals surface area contributed by atoms with Crippen molar-refractivity contribution in [3.8, 4) is 0 Å². The summed E-state index contributed by atoms with van der Waals surface area (Å²) >= 11 is 0. The number of piperidine rings is 1. The minimum atomic E-state index is 0.244. The summed E-state index contributed by atoms with van der Waals surface area (Å²) in [6.45, 7) is 6.51. The van der Waals surface area contributed by atoms with Gasteiger partial charge < -0.3 is 19.3 Å². The van der Waals surface area contributed by atoms with E-state index in [1.807, 2.05) is 0 Å². The van der Waals surface area contributed by atoms with Gasteiger partial charge in [0, 0.05) is 38.4 Å². The van der Waals surface area contributed by atoms with Crippen LogP contribution in [0.5, 0.6) is 0 Å². The van der Waals surface area contributed by atoms with Crippen LogP contribution in [0, 0.1) is 5.92 Å². The summed E-state index contributed by atoms with van der Waals surface area (Å²) in [5.41, 5.74) is 0. The van der Waals surface area contributed by atoms with E-state index in [0.717, 1.165) is 63.9 Å². The normalized spacial score (nSPS) is 36.6. The van der Waals surface area contributed by atoms with Crippen molar-refractivity contribution in [2.24, 2.45) is 5.92 Å². The minimum absolute atomic E-state index is 0.244. The molecule has 27 heavy (non-hydrogen) atoms. The Bertz CT molecular complexity index is 484. The van der Waals surface area contributed by atoms with Gasteiger partial charge >= 0.3 is 0 Å². The van der Waals surface area contributed by atoms with Gasteiger partial charge in [-0.2, -0.15) is 0 Å². The number of carbonyl (C=O) groups excluding carboxylic acids is 1. The Morgan fingerprint density at radius 1 is 0.963 bits per heavy atom. The monoisotopic (exact) mass is 378 g/mol. The van der Waals surface area contributed by atoms with Gasteiger partial charge in [-0.1, -0.05) is 12.8 Å². The maximum atomic E-state index is 12.6. The van der Waals surface area contributed by atoms with Crippen LogP contribution in [0.2, 0.25) is 0 Å². The lowest BCUT2D eigenvalue weighted by molar-refractivity contribution is -0.167. The Kier molecular flexibility index (Phi) is 6.72. The fraction of sp³-hybridized carbons (Fsp3) is 0.955. The van der Waals surface area contributed by atoms with Gasteiger partial charge in [0.05, 0.1) is 12.1 Å². The SMILES string of the molecule is CCOCC1CCC(N2CCC(N3C(=O)CO[C@@H]4CCCC[C@@H]43)CC2)CC1. The number of amides is 1.